The Hall–Kier alpha value is -3.92. The molecule has 0 radical (unpaired) electrons. The lowest BCUT2D eigenvalue weighted by Crippen LogP contribution is -2.29. The first-order chi connectivity index (χ1) is 15.8. The minimum atomic E-state index is -1.29. The van der Waals surface area contributed by atoms with Gasteiger partial charge in [0.15, 0.2) is 5.13 Å². The number of carbonyl (C=O) groups excluding carboxylic acids is 3. The molecule has 3 heterocycles. The van der Waals surface area contributed by atoms with E-state index in [9.17, 15) is 23.9 Å². The number of Topliss-reactive ketones (excluding diaryl/α,β-unsaturated/α-hetero) is 1. The number of hydrogen-bond donors (Lipinski definition) is 1. The lowest BCUT2D eigenvalue weighted by molar-refractivity contribution is -0.132. The van der Waals surface area contributed by atoms with Gasteiger partial charge in [0, 0.05) is 23.5 Å². The molecular formula is C23H18FN3O5S. The Balaban J connectivity index is 1.93. The van der Waals surface area contributed by atoms with Crippen LogP contribution in [0.4, 0.5) is 9.52 Å². The van der Waals surface area contributed by atoms with E-state index in [0.29, 0.717) is 5.69 Å². The zero-order chi connectivity index (χ0) is 23.7. The number of thiazole rings is 1. The summed E-state index contributed by atoms with van der Waals surface area (Å²) >= 11 is 0.855. The number of ketones is 1. The molecular weight excluding hydrogens is 449 g/mol. The number of aromatic nitrogens is 2. The minimum Gasteiger partial charge on any atom is -0.507 e. The molecule has 0 aliphatic carbocycles. The summed E-state index contributed by atoms with van der Waals surface area (Å²) in [5, 5.41) is 11.0. The second-order valence-electron chi connectivity index (χ2n) is 7.06. The number of anilines is 1. The third kappa shape index (κ3) is 3.89. The van der Waals surface area contributed by atoms with Gasteiger partial charge in [-0.25, -0.2) is 14.2 Å². The van der Waals surface area contributed by atoms with E-state index in [2.05, 4.69) is 9.97 Å². The number of amides is 1. The molecule has 3 aromatic rings. The number of hydrogen-bond acceptors (Lipinski definition) is 8. The molecule has 1 saturated heterocycles. The maximum Gasteiger partial charge on any atom is 0.350 e. The Morgan fingerprint density at radius 2 is 1.91 bits per heavy atom. The van der Waals surface area contributed by atoms with Crippen molar-refractivity contribution < 1.29 is 28.6 Å². The van der Waals surface area contributed by atoms with Crippen LogP contribution in [0.25, 0.3) is 5.76 Å². The monoisotopic (exact) mass is 467 g/mol. The highest BCUT2D eigenvalue weighted by Gasteiger charge is 2.49. The molecule has 1 amide bonds. The van der Waals surface area contributed by atoms with Crippen molar-refractivity contribution in [2.24, 2.45) is 0 Å². The topological polar surface area (TPSA) is 110 Å². The van der Waals surface area contributed by atoms with E-state index in [1.54, 1.807) is 19.9 Å². The molecule has 168 valence electrons. The smallest absolute Gasteiger partial charge is 0.350 e. The number of carbonyl (C=O) groups is 3. The summed E-state index contributed by atoms with van der Waals surface area (Å²) in [6.45, 7) is 3.38. The van der Waals surface area contributed by atoms with Gasteiger partial charge in [-0.1, -0.05) is 29.5 Å². The fourth-order valence-electron chi connectivity index (χ4n) is 3.56. The standard InChI is InChI=1S/C23H18FN3O5S/c1-3-32-22(31)20-12(2)26-23(33-20)27-17(14-6-4-5-7-15(14)24)16(19(29)21(27)30)18(28)13-8-10-25-11-9-13/h4-11,17,28H,3H2,1-2H3/b18-16+. The van der Waals surface area contributed by atoms with Crippen molar-refractivity contribution in [3.63, 3.8) is 0 Å². The summed E-state index contributed by atoms with van der Waals surface area (Å²) in [5.74, 6) is -3.75. The molecule has 0 saturated carbocycles. The summed E-state index contributed by atoms with van der Waals surface area (Å²) in [5.41, 5.74) is 0.253. The van der Waals surface area contributed by atoms with Gasteiger partial charge in [-0.3, -0.25) is 19.5 Å². The van der Waals surface area contributed by atoms with Crippen LogP contribution in [-0.4, -0.2) is 39.3 Å². The molecule has 1 aromatic carbocycles. The summed E-state index contributed by atoms with van der Waals surface area (Å²) in [6, 6.07) is 7.29. The molecule has 10 heteroatoms. The van der Waals surface area contributed by atoms with E-state index in [1.807, 2.05) is 0 Å². The predicted molar refractivity (Wildman–Crippen MR) is 118 cm³/mol. The van der Waals surface area contributed by atoms with E-state index in [-0.39, 0.29) is 33.3 Å². The first kappa shape index (κ1) is 22.3. The van der Waals surface area contributed by atoms with E-state index in [1.165, 1.54) is 42.7 Å². The fourth-order valence-corrected chi connectivity index (χ4v) is 4.54. The maximum atomic E-state index is 14.9. The summed E-state index contributed by atoms with van der Waals surface area (Å²) in [7, 11) is 0. The van der Waals surface area contributed by atoms with Crippen LogP contribution >= 0.6 is 11.3 Å². The van der Waals surface area contributed by atoms with E-state index in [4.69, 9.17) is 4.74 Å². The van der Waals surface area contributed by atoms with Gasteiger partial charge in [0.1, 0.15) is 22.5 Å². The van der Waals surface area contributed by atoms with Crippen molar-refractivity contribution in [1.82, 2.24) is 9.97 Å². The van der Waals surface area contributed by atoms with Crippen LogP contribution in [0.15, 0.2) is 54.4 Å². The fraction of sp³-hybridized carbons (Fsp3) is 0.174. The average molecular weight is 467 g/mol. The third-order valence-corrected chi connectivity index (χ3v) is 6.19. The molecule has 8 nitrogen and oxygen atoms in total. The van der Waals surface area contributed by atoms with Gasteiger partial charge < -0.3 is 9.84 Å². The summed E-state index contributed by atoms with van der Waals surface area (Å²) < 4.78 is 19.9. The average Bonchev–Trinajstić information content (AvgIpc) is 3.31. The molecule has 0 spiro atoms. The largest absolute Gasteiger partial charge is 0.507 e. The van der Waals surface area contributed by atoms with E-state index >= 15 is 0 Å². The zero-order valence-corrected chi connectivity index (χ0v) is 18.4. The quantitative estimate of drug-likeness (QED) is 0.263. The number of ether oxygens (including phenoxy) is 1. The number of aryl methyl sites for hydroxylation is 1. The van der Waals surface area contributed by atoms with Gasteiger partial charge in [-0.15, -0.1) is 0 Å². The number of esters is 1. The molecule has 0 bridgehead atoms. The van der Waals surface area contributed by atoms with E-state index < -0.39 is 35.3 Å². The first-order valence-electron chi connectivity index (χ1n) is 9.95. The number of halogens is 1. The van der Waals surface area contributed by atoms with Crippen molar-refractivity contribution >= 4 is 39.9 Å². The highest BCUT2D eigenvalue weighted by atomic mass is 32.1. The SMILES string of the molecule is CCOC(=O)c1sc(N2C(=O)C(=O)/C(=C(/O)c3ccncc3)C2c2ccccc2F)nc1C. The molecule has 1 aliphatic rings. The Morgan fingerprint density at radius 1 is 1.21 bits per heavy atom. The lowest BCUT2D eigenvalue weighted by atomic mass is 9.95. The number of pyridine rings is 1. The van der Waals surface area contributed by atoms with Crippen molar-refractivity contribution in [1.29, 1.82) is 0 Å². The van der Waals surface area contributed by atoms with E-state index in [0.717, 1.165) is 16.2 Å². The minimum absolute atomic E-state index is 0.00200. The second kappa shape index (κ2) is 8.91. The zero-order valence-electron chi connectivity index (χ0n) is 17.6. The van der Waals surface area contributed by atoms with Gasteiger partial charge >= 0.3 is 11.9 Å². The van der Waals surface area contributed by atoms with Crippen LogP contribution in [0.5, 0.6) is 0 Å². The molecule has 1 aliphatic heterocycles. The molecule has 2 aromatic heterocycles. The van der Waals surface area contributed by atoms with Crippen molar-refractivity contribution in [3.05, 3.63) is 81.9 Å². The van der Waals surface area contributed by atoms with Gasteiger partial charge in [-0.2, -0.15) is 0 Å². The summed E-state index contributed by atoms with van der Waals surface area (Å²) in [6.07, 6.45) is 2.83. The number of benzene rings is 1. The lowest BCUT2D eigenvalue weighted by Gasteiger charge is -2.23. The molecule has 4 rings (SSSR count). The Bertz CT molecular complexity index is 1290. The number of aliphatic hydroxyl groups excluding tert-OH is 1. The number of aliphatic hydroxyl groups is 1. The van der Waals surface area contributed by atoms with Gasteiger partial charge in [0.25, 0.3) is 5.78 Å². The highest BCUT2D eigenvalue weighted by molar-refractivity contribution is 7.17. The predicted octanol–water partition coefficient (Wildman–Crippen LogP) is 3.79. The van der Waals surface area contributed by atoms with Crippen LogP contribution in [0.2, 0.25) is 0 Å². The molecule has 1 fully saturated rings. The first-order valence-corrected chi connectivity index (χ1v) is 10.8. The Kier molecular flexibility index (Phi) is 6.01. The maximum absolute atomic E-state index is 14.9. The van der Waals surface area contributed by atoms with Gasteiger partial charge in [-0.05, 0) is 32.0 Å². The van der Waals surface area contributed by atoms with Crippen molar-refractivity contribution in [2.75, 3.05) is 11.5 Å². The van der Waals surface area contributed by atoms with Gasteiger partial charge in [0.05, 0.1) is 17.9 Å². The molecule has 1 atom stereocenters. The summed E-state index contributed by atoms with van der Waals surface area (Å²) in [4.78, 5) is 47.8. The normalized spacial score (nSPS) is 17.4. The third-order valence-electron chi connectivity index (χ3n) is 5.05. The van der Waals surface area contributed by atoms with Crippen LogP contribution in [-0.2, 0) is 14.3 Å². The van der Waals surface area contributed by atoms with Crippen LogP contribution < -0.4 is 4.90 Å². The highest BCUT2D eigenvalue weighted by Crippen LogP contribution is 2.44. The van der Waals surface area contributed by atoms with Crippen molar-refractivity contribution in [2.45, 2.75) is 19.9 Å². The van der Waals surface area contributed by atoms with Crippen LogP contribution in [0, 0.1) is 12.7 Å². The molecule has 1 N–H and O–H groups in total. The van der Waals surface area contributed by atoms with Crippen LogP contribution in [0.3, 0.4) is 0 Å². The Morgan fingerprint density at radius 3 is 2.58 bits per heavy atom. The number of rotatable bonds is 5. The molecule has 1 unspecified atom stereocenters. The Labute approximate surface area is 192 Å². The van der Waals surface area contributed by atoms with Gasteiger partial charge in [0.2, 0.25) is 0 Å². The second-order valence-corrected chi connectivity index (χ2v) is 8.04. The molecule has 33 heavy (non-hydrogen) atoms. The number of nitrogens with zero attached hydrogens (tertiary/aromatic N) is 3. The van der Waals surface area contributed by atoms with Crippen LogP contribution in [0.1, 0.15) is 39.5 Å². The van der Waals surface area contributed by atoms with Crippen molar-refractivity contribution in [3.8, 4) is 0 Å².